The number of thioether (sulfide) groups is 1. The van der Waals surface area contributed by atoms with Crippen molar-refractivity contribution >= 4 is 29.1 Å². The maximum Gasteiger partial charge on any atom is 0.347 e. The summed E-state index contributed by atoms with van der Waals surface area (Å²) in [5.41, 5.74) is 2.64. The smallest absolute Gasteiger partial charge is 0.347 e. The first-order chi connectivity index (χ1) is 9.61. The second-order valence-electron chi connectivity index (χ2n) is 4.22. The molecule has 0 spiro atoms. The zero-order valence-corrected chi connectivity index (χ0v) is 12.6. The Morgan fingerprint density at radius 1 is 1.45 bits per heavy atom. The number of rotatable bonds is 6. The Bertz CT molecular complexity index is 610. The first kappa shape index (κ1) is 15.0. The van der Waals surface area contributed by atoms with E-state index in [0.29, 0.717) is 16.3 Å². The van der Waals surface area contributed by atoms with Crippen molar-refractivity contribution in [1.29, 1.82) is 0 Å². The van der Waals surface area contributed by atoms with Gasteiger partial charge in [-0.25, -0.2) is 9.78 Å². The van der Waals surface area contributed by atoms with Gasteiger partial charge in [0.05, 0.1) is 12.3 Å². The summed E-state index contributed by atoms with van der Waals surface area (Å²) in [6, 6.07) is 7.92. The molecule has 0 radical (unpaired) electrons. The van der Waals surface area contributed by atoms with E-state index in [1.54, 1.807) is 18.7 Å². The Balaban J connectivity index is 2.22. The van der Waals surface area contributed by atoms with Gasteiger partial charge in [-0.05, 0) is 18.6 Å². The Hall–Kier alpha value is -1.37. The SMILES string of the molecule is Cc1nc(-c2cccc(CSCCO)c2)sc1C(=O)O. The molecule has 0 amide bonds. The van der Waals surface area contributed by atoms with Crippen LogP contribution in [0.2, 0.25) is 0 Å². The number of carboxylic acid groups (broad SMARTS) is 1. The molecular weight excluding hydrogens is 294 g/mol. The Kier molecular flexibility index (Phi) is 5.17. The Morgan fingerprint density at radius 3 is 2.90 bits per heavy atom. The number of aryl methyl sites for hydroxylation is 1. The van der Waals surface area contributed by atoms with Crippen LogP contribution in [0.15, 0.2) is 24.3 Å². The lowest BCUT2D eigenvalue weighted by Gasteiger charge is -2.02. The van der Waals surface area contributed by atoms with E-state index >= 15 is 0 Å². The van der Waals surface area contributed by atoms with Gasteiger partial charge in [-0.2, -0.15) is 11.8 Å². The van der Waals surface area contributed by atoms with Gasteiger partial charge in [0.2, 0.25) is 0 Å². The molecule has 2 N–H and O–H groups in total. The number of nitrogens with zero attached hydrogens (tertiary/aromatic N) is 1. The monoisotopic (exact) mass is 309 g/mol. The number of aliphatic hydroxyl groups excluding tert-OH is 1. The largest absolute Gasteiger partial charge is 0.477 e. The number of hydrogen-bond acceptors (Lipinski definition) is 5. The van der Waals surface area contributed by atoms with E-state index in [4.69, 9.17) is 10.2 Å². The van der Waals surface area contributed by atoms with E-state index in [-0.39, 0.29) is 6.61 Å². The summed E-state index contributed by atoms with van der Waals surface area (Å²) in [4.78, 5) is 15.7. The molecule has 0 aliphatic carbocycles. The maximum absolute atomic E-state index is 11.1. The molecule has 4 nitrogen and oxygen atoms in total. The molecule has 1 aromatic heterocycles. The lowest BCUT2D eigenvalue weighted by Crippen LogP contribution is -1.94. The summed E-state index contributed by atoms with van der Waals surface area (Å²) in [7, 11) is 0. The minimum absolute atomic E-state index is 0.179. The van der Waals surface area contributed by atoms with Crippen molar-refractivity contribution in [2.24, 2.45) is 0 Å². The molecule has 2 aromatic rings. The lowest BCUT2D eigenvalue weighted by molar-refractivity contribution is 0.0701. The summed E-state index contributed by atoms with van der Waals surface area (Å²) in [5.74, 6) is 0.606. The first-order valence-electron chi connectivity index (χ1n) is 6.10. The molecular formula is C14H15NO3S2. The van der Waals surface area contributed by atoms with Crippen LogP contribution in [0, 0.1) is 6.92 Å². The molecule has 0 saturated heterocycles. The minimum Gasteiger partial charge on any atom is -0.477 e. The molecule has 0 bridgehead atoms. The van der Waals surface area contributed by atoms with Crippen LogP contribution in [0.5, 0.6) is 0 Å². The number of benzene rings is 1. The number of aromatic nitrogens is 1. The van der Waals surface area contributed by atoms with Crippen molar-refractivity contribution < 1.29 is 15.0 Å². The molecule has 0 unspecified atom stereocenters. The van der Waals surface area contributed by atoms with Crippen LogP contribution in [-0.2, 0) is 5.75 Å². The van der Waals surface area contributed by atoms with Gasteiger partial charge in [0.1, 0.15) is 9.88 Å². The molecule has 1 heterocycles. The molecule has 0 atom stereocenters. The average molecular weight is 309 g/mol. The van der Waals surface area contributed by atoms with Gasteiger partial charge in [-0.15, -0.1) is 11.3 Å². The zero-order valence-electron chi connectivity index (χ0n) is 11.0. The van der Waals surface area contributed by atoms with Gasteiger partial charge in [-0.3, -0.25) is 0 Å². The van der Waals surface area contributed by atoms with Crippen molar-refractivity contribution in [3.63, 3.8) is 0 Å². The molecule has 0 saturated carbocycles. The molecule has 106 valence electrons. The number of carboxylic acids is 1. The fourth-order valence-corrected chi connectivity index (χ4v) is 3.36. The van der Waals surface area contributed by atoms with Crippen LogP contribution in [0.25, 0.3) is 10.6 Å². The van der Waals surface area contributed by atoms with E-state index in [0.717, 1.165) is 21.9 Å². The van der Waals surface area contributed by atoms with Crippen LogP contribution in [-0.4, -0.2) is 33.5 Å². The van der Waals surface area contributed by atoms with Crippen molar-refractivity contribution in [2.75, 3.05) is 12.4 Å². The highest BCUT2D eigenvalue weighted by Gasteiger charge is 2.15. The van der Waals surface area contributed by atoms with Gasteiger partial charge in [0.25, 0.3) is 0 Å². The number of hydrogen-bond donors (Lipinski definition) is 2. The van der Waals surface area contributed by atoms with Crippen molar-refractivity contribution in [3.8, 4) is 10.6 Å². The third-order valence-corrected chi connectivity index (χ3v) is 4.87. The highest BCUT2D eigenvalue weighted by molar-refractivity contribution is 7.98. The fourth-order valence-electron chi connectivity index (χ4n) is 1.77. The Morgan fingerprint density at radius 2 is 2.25 bits per heavy atom. The average Bonchev–Trinajstić information content (AvgIpc) is 2.82. The van der Waals surface area contributed by atoms with Gasteiger partial charge in [-0.1, -0.05) is 18.2 Å². The zero-order chi connectivity index (χ0) is 14.5. The third-order valence-electron chi connectivity index (χ3n) is 2.67. The molecule has 6 heteroatoms. The van der Waals surface area contributed by atoms with Crippen LogP contribution in [0.3, 0.4) is 0 Å². The van der Waals surface area contributed by atoms with Crippen LogP contribution < -0.4 is 0 Å². The summed E-state index contributed by atoms with van der Waals surface area (Å²) in [5, 5.41) is 18.6. The van der Waals surface area contributed by atoms with Gasteiger partial charge in [0.15, 0.2) is 0 Å². The first-order valence-corrected chi connectivity index (χ1v) is 8.07. The Labute approximate surface area is 125 Å². The van der Waals surface area contributed by atoms with E-state index in [1.807, 2.05) is 24.3 Å². The highest BCUT2D eigenvalue weighted by atomic mass is 32.2. The van der Waals surface area contributed by atoms with Crippen molar-refractivity contribution in [2.45, 2.75) is 12.7 Å². The minimum atomic E-state index is -0.930. The summed E-state index contributed by atoms with van der Waals surface area (Å²) in [6.07, 6.45) is 0. The predicted octanol–water partition coefficient (Wildman–Crippen LogP) is 3.04. The van der Waals surface area contributed by atoms with E-state index in [9.17, 15) is 4.79 Å². The lowest BCUT2D eigenvalue weighted by atomic mass is 10.1. The van der Waals surface area contributed by atoms with Crippen LogP contribution in [0.4, 0.5) is 0 Å². The van der Waals surface area contributed by atoms with Crippen LogP contribution >= 0.6 is 23.1 Å². The standard InChI is InChI=1S/C14H15NO3S2/c1-9-12(14(17)18)20-13(15-9)11-4-2-3-10(7-11)8-19-6-5-16/h2-4,7,16H,5-6,8H2,1H3,(H,17,18). The van der Waals surface area contributed by atoms with Gasteiger partial charge >= 0.3 is 5.97 Å². The second-order valence-corrected chi connectivity index (χ2v) is 6.32. The summed E-state index contributed by atoms with van der Waals surface area (Å²) >= 11 is 2.86. The molecule has 0 fully saturated rings. The van der Waals surface area contributed by atoms with Gasteiger partial charge in [0, 0.05) is 17.1 Å². The third kappa shape index (κ3) is 3.59. The number of thiazole rings is 1. The summed E-state index contributed by atoms with van der Waals surface area (Å²) < 4.78 is 0. The van der Waals surface area contributed by atoms with E-state index in [1.165, 1.54) is 11.3 Å². The molecule has 1 aromatic carbocycles. The molecule has 0 aliphatic rings. The molecule has 20 heavy (non-hydrogen) atoms. The highest BCUT2D eigenvalue weighted by Crippen LogP contribution is 2.29. The molecule has 2 rings (SSSR count). The fraction of sp³-hybridized carbons (Fsp3) is 0.286. The predicted molar refractivity (Wildman–Crippen MR) is 82.5 cm³/mol. The molecule has 0 aliphatic heterocycles. The van der Waals surface area contributed by atoms with Gasteiger partial charge < -0.3 is 10.2 Å². The van der Waals surface area contributed by atoms with Crippen molar-refractivity contribution in [1.82, 2.24) is 4.98 Å². The van der Waals surface area contributed by atoms with E-state index in [2.05, 4.69) is 4.98 Å². The quantitative estimate of drug-likeness (QED) is 0.803. The summed E-state index contributed by atoms with van der Waals surface area (Å²) in [6.45, 7) is 1.89. The normalized spacial score (nSPS) is 10.7. The number of carbonyl (C=O) groups is 1. The van der Waals surface area contributed by atoms with Crippen LogP contribution in [0.1, 0.15) is 20.9 Å². The second kappa shape index (κ2) is 6.88. The maximum atomic E-state index is 11.1. The van der Waals surface area contributed by atoms with Crippen molar-refractivity contribution in [3.05, 3.63) is 40.4 Å². The number of aliphatic hydroxyl groups is 1. The topological polar surface area (TPSA) is 70.4 Å². The number of aromatic carboxylic acids is 1. The van der Waals surface area contributed by atoms with E-state index < -0.39 is 5.97 Å².